The maximum absolute atomic E-state index is 2.30. The number of hydrogen-bond donors (Lipinski definition) is 0. The van der Waals surface area contributed by atoms with Gasteiger partial charge in [0.05, 0.1) is 0 Å². The molecule has 0 nitrogen and oxygen atoms in total. The summed E-state index contributed by atoms with van der Waals surface area (Å²) in [7, 11) is 0.318. The number of unbranched alkanes of at least 4 members (excludes halogenated alkanes) is 14. The molecule has 128 valence electrons. The first kappa shape index (κ1) is 21.2. The van der Waals surface area contributed by atoms with Crippen molar-refractivity contribution in [2.45, 2.75) is 129 Å². The highest BCUT2D eigenvalue weighted by Gasteiger charge is 1.95. The molecule has 0 spiro atoms. The molecule has 0 atom stereocenters. The Morgan fingerprint density at radius 3 is 1.00 bits per heavy atom. The predicted octanol–water partition coefficient (Wildman–Crippen LogP) is 7.27. The molecule has 0 bridgehead atoms. The normalized spacial score (nSPS) is 11.7. The van der Waals surface area contributed by atoms with Crippen molar-refractivity contribution in [3.05, 3.63) is 0 Å². The summed E-state index contributed by atoms with van der Waals surface area (Å²) in [5, 5.41) is 0. The summed E-state index contributed by atoms with van der Waals surface area (Å²) in [4.78, 5) is 0. The Hall–Kier alpha value is 0.217. The zero-order valence-electron chi connectivity index (χ0n) is 15.4. The highest BCUT2D eigenvalue weighted by Crippen LogP contribution is 2.12. The lowest BCUT2D eigenvalue weighted by Gasteiger charge is -2.03. The van der Waals surface area contributed by atoms with Gasteiger partial charge in [-0.2, -0.15) is 0 Å². The van der Waals surface area contributed by atoms with Crippen LogP contribution < -0.4 is 0 Å². The summed E-state index contributed by atoms with van der Waals surface area (Å²) in [6.07, 6.45) is 23.8. The molecule has 0 aliphatic heterocycles. The fourth-order valence-electron chi connectivity index (χ4n) is 3.15. The third kappa shape index (κ3) is 20.2. The smallest absolute Gasteiger partial charge is 0.0197 e. The molecule has 0 unspecified atom stereocenters. The van der Waals surface area contributed by atoms with Crippen LogP contribution in [-0.4, -0.2) is 9.52 Å². The van der Waals surface area contributed by atoms with Crippen molar-refractivity contribution in [2.24, 2.45) is 0 Å². The second-order valence-corrected chi connectivity index (χ2v) is 9.13. The fraction of sp³-hybridized carbons (Fsp3) is 1.00. The van der Waals surface area contributed by atoms with Gasteiger partial charge in [0.15, 0.2) is 0 Å². The van der Waals surface area contributed by atoms with Gasteiger partial charge in [0, 0.05) is 9.52 Å². The van der Waals surface area contributed by atoms with Gasteiger partial charge < -0.3 is 0 Å². The largest absolute Gasteiger partial charge is 0.0654 e. The molecule has 0 saturated carbocycles. The summed E-state index contributed by atoms with van der Waals surface area (Å²) >= 11 is 0. The minimum atomic E-state index is 0.318. The van der Waals surface area contributed by atoms with E-state index in [1.54, 1.807) is 24.9 Å². The standard InChI is InChI=1S/C20H44Si/c1-3-5-7-9-11-12-13-14-16-18-20-21-19-17-15-10-8-6-4-2/h3-21H2,1-2H3. The van der Waals surface area contributed by atoms with Gasteiger partial charge in [-0.05, 0) is 0 Å². The maximum atomic E-state index is 2.30. The molecule has 0 aromatic rings. The minimum Gasteiger partial charge on any atom is -0.0654 e. The van der Waals surface area contributed by atoms with Gasteiger partial charge in [-0.1, -0.05) is 129 Å². The van der Waals surface area contributed by atoms with Gasteiger partial charge in [0.25, 0.3) is 0 Å². The quantitative estimate of drug-likeness (QED) is 0.184. The molecular formula is C20H44Si. The molecule has 0 aliphatic carbocycles. The molecular weight excluding hydrogens is 268 g/mol. The lowest BCUT2D eigenvalue weighted by molar-refractivity contribution is 0.562. The van der Waals surface area contributed by atoms with E-state index < -0.39 is 0 Å². The van der Waals surface area contributed by atoms with Crippen molar-refractivity contribution in [1.29, 1.82) is 0 Å². The van der Waals surface area contributed by atoms with Gasteiger partial charge in [-0.25, -0.2) is 0 Å². The van der Waals surface area contributed by atoms with Gasteiger partial charge in [0.1, 0.15) is 0 Å². The molecule has 0 heterocycles. The molecule has 0 aliphatic rings. The van der Waals surface area contributed by atoms with Crippen LogP contribution in [0.5, 0.6) is 0 Å². The molecule has 21 heavy (non-hydrogen) atoms. The highest BCUT2D eigenvalue weighted by molar-refractivity contribution is 6.35. The van der Waals surface area contributed by atoms with Crippen molar-refractivity contribution in [1.82, 2.24) is 0 Å². The molecule has 1 heteroatoms. The Bertz CT molecular complexity index is 149. The van der Waals surface area contributed by atoms with E-state index in [2.05, 4.69) is 13.8 Å². The van der Waals surface area contributed by atoms with Gasteiger partial charge >= 0.3 is 0 Å². The monoisotopic (exact) mass is 312 g/mol. The van der Waals surface area contributed by atoms with Crippen molar-refractivity contribution < 1.29 is 0 Å². The van der Waals surface area contributed by atoms with E-state index in [1.807, 2.05) is 0 Å². The number of rotatable bonds is 18. The molecule has 0 aromatic heterocycles. The van der Waals surface area contributed by atoms with E-state index in [0.717, 1.165) is 0 Å². The first-order valence-electron chi connectivity index (χ1n) is 10.4. The molecule has 0 N–H and O–H groups in total. The third-order valence-corrected chi connectivity index (χ3v) is 6.71. The summed E-state index contributed by atoms with van der Waals surface area (Å²) in [5.74, 6) is 0. The van der Waals surface area contributed by atoms with Crippen LogP contribution in [0.2, 0.25) is 12.1 Å². The van der Waals surface area contributed by atoms with Crippen LogP contribution in [0.25, 0.3) is 0 Å². The lowest BCUT2D eigenvalue weighted by atomic mass is 10.1. The van der Waals surface area contributed by atoms with Crippen molar-refractivity contribution in [3.8, 4) is 0 Å². The van der Waals surface area contributed by atoms with Crippen LogP contribution in [-0.2, 0) is 0 Å². The van der Waals surface area contributed by atoms with Gasteiger partial charge in [0.2, 0.25) is 0 Å². The summed E-state index contributed by atoms with van der Waals surface area (Å²) in [5.41, 5.74) is 0. The summed E-state index contributed by atoms with van der Waals surface area (Å²) in [6.45, 7) is 4.61. The Labute approximate surface area is 138 Å². The molecule has 0 rings (SSSR count). The van der Waals surface area contributed by atoms with E-state index >= 15 is 0 Å². The first-order valence-corrected chi connectivity index (χ1v) is 12.4. The van der Waals surface area contributed by atoms with Crippen LogP contribution in [0, 0.1) is 0 Å². The van der Waals surface area contributed by atoms with Gasteiger partial charge in [-0.3, -0.25) is 0 Å². The minimum absolute atomic E-state index is 0.318. The first-order chi connectivity index (χ1) is 10.4. The van der Waals surface area contributed by atoms with E-state index in [0.29, 0.717) is 9.52 Å². The second kappa shape index (κ2) is 20.2. The number of hydrogen-bond acceptors (Lipinski definition) is 0. The maximum Gasteiger partial charge on any atom is 0.0197 e. The van der Waals surface area contributed by atoms with Crippen LogP contribution in [0.3, 0.4) is 0 Å². The SMILES string of the molecule is CCCCCCCCCCCC[SiH2]CCCCCCCC. The molecule has 0 aromatic carbocycles. The van der Waals surface area contributed by atoms with Crippen molar-refractivity contribution >= 4 is 9.52 Å². The Morgan fingerprint density at radius 2 is 0.667 bits per heavy atom. The van der Waals surface area contributed by atoms with Gasteiger partial charge in [-0.15, -0.1) is 0 Å². The average molecular weight is 313 g/mol. The molecule has 0 amide bonds. The van der Waals surface area contributed by atoms with Crippen molar-refractivity contribution in [2.75, 3.05) is 0 Å². The topological polar surface area (TPSA) is 0 Å². The zero-order valence-corrected chi connectivity index (χ0v) is 16.8. The molecule has 0 fully saturated rings. The lowest BCUT2D eigenvalue weighted by Crippen LogP contribution is -1.90. The van der Waals surface area contributed by atoms with Crippen LogP contribution in [0.4, 0.5) is 0 Å². The third-order valence-electron chi connectivity index (χ3n) is 4.71. The van der Waals surface area contributed by atoms with Crippen LogP contribution in [0.15, 0.2) is 0 Å². The second-order valence-electron chi connectivity index (χ2n) is 7.01. The Kier molecular flexibility index (Phi) is 20.4. The molecule has 0 saturated heterocycles. The Morgan fingerprint density at radius 1 is 0.381 bits per heavy atom. The fourth-order valence-corrected chi connectivity index (χ4v) is 4.92. The van der Waals surface area contributed by atoms with E-state index in [1.165, 1.54) is 89.9 Å². The van der Waals surface area contributed by atoms with E-state index in [9.17, 15) is 0 Å². The molecule has 0 radical (unpaired) electrons. The van der Waals surface area contributed by atoms with Crippen LogP contribution in [0.1, 0.15) is 117 Å². The summed E-state index contributed by atoms with van der Waals surface area (Å²) < 4.78 is 0. The zero-order chi connectivity index (χ0) is 15.4. The van der Waals surface area contributed by atoms with Crippen LogP contribution >= 0.6 is 0 Å². The van der Waals surface area contributed by atoms with E-state index in [-0.39, 0.29) is 0 Å². The average Bonchev–Trinajstić information content (AvgIpc) is 2.50. The Balaban J connectivity index is 2.90. The summed E-state index contributed by atoms with van der Waals surface area (Å²) in [6, 6.07) is 3.26. The van der Waals surface area contributed by atoms with Crippen molar-refractivity contribution in [3.63, 3.8) is 0 Å². The van der Waals surface area contributed by atoms with E-state index in [4.69, 9.17) is 0 Å². The highest BCUT2D eigenvalue weighted by atomic mass is 28.2. The predicted molar refractivity (Wildman–Crippen MR) is 103 cm³/mol.